The first-order chi connectivity index (χ1) is 7.83. The zero-order valence-electron chi connectivity index (χ0n) is 10.3. The molecule has 0 amide bonds. The Morgan fingerprint density at radius 1 is 1.06 bits per heavy atom. The van der Waals surface area contributed by atoms with Crippen molar-refractivity contribution < 1.29 is 0 Å². The molecule has 0 aromatic carbocycles. The van der Waals surface area contributed by atoms with Gasteiger partial charge in [-0.05, 0) is 56.4 Å². The SMILES string of the molecule is BrCC1(CN2CCC[C@H]3CCCC[C@H]32)CC1. The summed E-state index contributed by atoms with van der Waals surface area (Å²) in [5.74, 6) is 1.05. The van der Waals surface area contributed by atoms with Gasteiger partial charge in [0.2, 0.25) is 0 Å². The van der Waals surface area contributed by atoms with Crippen LogP contribution in [0.25, 0.3) is 0 Å². The lowest BCUT2D eigenvalue weighted by Crippen LogP contribution is -2.49. The molecule has 1 aliphatic heterocycles. The third-order valence-corrected chi connectivity index (χ3v) is 6.33. The van der Waals surface area contributed by atoms with Gasteiger partial charge in [0.25, 0.3) is 0 Å². The van der Waals surface area contributed by atoms with Crippen molar-refractivity contribution in [1.82, 2.24) is 4.90 Å². The average Bonchev–Trinajstić information content (AvgIpc) is 3.10. The van der Waals surface area contributed by atoms with E-state index in [1.807, 2.05) is 0 Å². The van der Waals surface area contributed by atoms with Crippen LogP contribution in [0.4, 0.5) is 0 Å². The summed E-state index contributed by atoms with van der Waals surface area (Å²) in [5.41, 5.74) is 0.680. The van der Waals surface area contributed by atoms with Crippen molar-refractivity contribution in [1.29, 1.82) is 0 Å². The summed E-state index contributed by atoms with van der Waals surface area (Å²) in [7, 11) is 0. The maximum Gasteiger partial charge on any atom is 0.0124 e. The minimum atomic E-state index is 0.680. The molecule has 1 saturated heterocycles. The standard InChI is InChI=1S/C14H24BrN/c15-10-14(7-8-14)11-16-9-3-5-12-4-1-2-6-13(12)16/h12-13H,1-11H2/t12-,13-/m1/s1. The van der Waals surface area contributed by atoms with Gasteiger partial charge < -0.3 is 0 Å². The van der Waals surface area contributed by atoms with Gasteiger partial charge in [0.1, 0.15) is 0 Å². The highest BCUT2D eigenvalue weighted by Gasteiger charge is 2.45. The fraction of sp³-hybridized carbons (Fsp3) is 1.00. The molecule has 0 aromatic rings. The van der Waals surface area contributed by atoms with E-state index in [1.54, 1.807) is 0 Å². The van der Waals surface area contributed by atoms with Crippen molar-refractivity contribution in [2.45, 2.75) is 57.4 Å². The molecule has 0 spiro atoms. The summed E-state index contributed by atoms with van der Waals surface area (Å²) in [6.45, 7) is 2.77. The summed E-state index contributed by atoms with van der Waals surface area (Å²) < 4.78 is 0. The number of piperidine rings is 1. The highest BCUT2D eigenvalue weighted by atomic mass is 79.9. The zero-order chi connectivity index (χ0) is 11.0. The lowest BCUT2D eigenvalue weighted by atomic mass is 9.78. The maximum atomic E-state index is 3.72. The second-order valence-electron chi connectivity index (χ2n) is 6.36. The summed E-state index contributed by atoms with van der Waals surface area (Å²) >= 11 is 3.72. The molecule has 1 heterocycles. The fourth-order valence-electron chi connectivity index (χ4n) is 3.87. The molecule has 1 nitrogen and oxygen atoms in total. The number of halogens is 1. The molecule has 0 radical (unpaired) electrons. The van der Waals surface area contributed by atoms with Crippen molar-refractivity contribution >= 4 is 15.9 Å². The van der Waals surface area contributed by atoms with Gasteiger partial charge >= 0.3 is 0 Å². The number of alkyl halides is 1. The Labute approximate surface area is 108 Å². The molecule has 3 rings (SSSR count). The quantitative estimate of drug-likeness (QED) is 0.713. The van der Waals surface area contributed by atoms with Gasteiger partial charge in [-0.25, -0.2) is 0 Å². The summed E-state index contributed by atoms with van der Waals surface area (Å²) in [6.07, 6.45) is 11.9. The molecule has 2 heteroatoms. The molecule has 3 fully saturated rings. The summed E-state index contributed by atoms with van der Waals surface area (Å²) in [4.78, 5) is 2.86. The third kappa shape index (κ3) is 2.20. The lowest BCUT2D eigenvalue weighted by Gasteiger charge is -2.45. The smallest absolute Gasteiger partial charge is 0.0124 e. The van der Waals surface area contributed by atoms with Crippen LogP contribution >= 0.6 is 15.9 Å². The molecule has 3 aliphatic rings. The van der Waals surface area contributed by atoms with Crippen molar-refractivity contribution in [3.8, 4) is 0 Å². The van der Waals surface area contributed by atoms with Crippen LogP contribution in [0.5, 0.6) is 0 Å². The topological polar surface area (TPSA) is 3.24 Å². The van der Waals surface area contributed by atoms with E-state index in [9.17, 15) is 0 Å². The normalized spacial score (nSPS) is 38.1. The molecule has 0 bridgehead atoms. The van der Waals surface area contributed by atoms with E-state index in [0.29, 0.717) is 5.41 Å². The predicted molar refractivity (Wildman–Crippen MR) is 72.0 cm³/mol. The largest absolute Gasteiger partial charge is 0.300 e. The van der Waals surface area contributed by atoms with Gasteiger partial charge in [-0.2, -0.15) is 0 Å². The Balaban J connectivity index is 1.64. The van der Waals surface area contributed by atoms with Crippen LogP contribution in [0.3, 0.4) is 0 Å². The number of rotatable bonds is 3. The molecule has 0 unspecified atom stereocenters. The molecule has 92 valence electrons. The average molecular weight is 286 g/mol. The third-order valence-electron chi connectivity index (χ3n) is 5.14. The van der Waals surface area contributed by atoms with Gasteiger partial charge in [-0.3, -0.25) is 4.90 Å². The van der Waals surface area contributed by atoms with Crippen molar-refractivity contribution in [2.24, 2.45) is 11.3 Å². The number of hydrogen-bond donors (Lipinski definition) is 0. The molecule has 0 aromatic heterocycles. The van der Waals surface area contributed by atoms with Gasteiger partial charge in [0.15, 0.2) is 0 Å². The Bertz CT molecular complexity index is 247. The summed E-state index contributed by atoms with van der Waals surface area (Å²) in [6, 6.07) is 0.957. The maximum absolute atomic E-state index is 3.72. The molecule has 0 N–H and O–H groups in total. The summed E-state index contributed by atoms with van der Waals surface area (Å²) in [5, 5.41) is 1.23. The Morgan fingerprint density at radius 3 is 2.56 bits per heavy atom. The second kappa shape index (κ2) is 4.61. The lowest BCUT2D eigenvalue weighted by molar-refractivity contribution is 0.0473. The first-order valence-corrected chi connectivity index (χ1v) is 8.25. The van der Waals surface area contributed by atoms with Crippen LogP contribution in [0.15, 0.2) is 0 Å². The number of fused-ring (bicyclic) bond motifs is 1. The minimum absolute atomic E-state index is 0.680. The first-order valence-electron chi connectivity index (χ1n) is 7.13. The molecule has 2 aliphatic carbocycles. The highest BCUT2D eigenvalue weighted by molar-refractivity contribution is 9.09. The fourth-order valence-corrected chi connectivity index (χ4v) is 4.60. The van der Waals surface area contributed by atoms with Crippen molar-refractivity contribution in [3.63, 3.8) is 0 Å². The monoisotopic (exact) mass is 285 g/mol. The van der Waals surface area contributed by atoms with E-state index in [1.165, 1.54) is 69.8 Å². The van der Waals surface area contributed by atoms with Gasteiger partial charge in [-0.15, -0.1) is 0 Å². The van der Waals surface area contributed by atoms with Crippen LogP contribution < -0.4 is 0 Å². The van der Waals surface area contributed by atoms with E-state index >= 15 is 0 Å². The number of hydrogen-bond acceptors (Lipinski definition) is 1. The number of likely N-dealkylation sites (tertiary alicyclic amines) is 1. The zero-order valence-corrected chi connectivity index (χ0v) is 11.8. The number of nitrogens with zero attached hydrogens (tertiary/aromatic N) is 1. The van der Waals surface area contributed by atoms with E-state index < -0.39 is 0 Å². The van der Waals surface area contributed by atoms with Crippen molar-refractivity contribution in [3.05, 3.63) is 0 Å². The van der Waals surface area contributed by atoms with E-state index in [4.69, 9.17) is 0 Å². The predicted octanol–water partition coefficient (Wildman–Crippen LogP) is 3.82. The van der Waals surface area contributed by atoms with E-state index in [0.717, 1.165) is 12.0 Å². The molecular weight excluding hydrogens is 262 g/mol. The van der Waals surface area contributed by atoms with Gasteiger partial charge in [-0.1, -0.05) is 28.8 Å². The van der Waals surface area contributed by atoms with Crippen LogP contribution in [0, 0.1) is 11.3 Å². The Morgan fingerprint density at radius 2 is 1.81 bits per heavy atom. The highest BCUT2D eigenvalue weighted by Crippen LogP contribution is 2.49. The van der Waals surface area contributed by atoms with Gasteiger partial charge in [0.05, 0.1) is 0 Å². The molecule has 16 heavy (non-hydrogen) atoms. The van der Waals surface area contributed by atoms with Crippen LogP contribution in [0.1, 0.15) is 51.4 Å². The Hall–Kier alpha value is 0.440. The molecule has 2 saturated carbocycles. The van der Waals surface area contributed by atoms with E-state index in [-0.39, 0.29) is 0 Å². The van der Waals surface area contributed by atoms with Crippen LogP contribution in [0.2, 0.25) is 0 Å². The van der Waals surface area contributed by atoms with Crippen LogP contribution in [-0.4, -0.2) is 29.4 Å². The first kappa shape index (κ1) is 11.5. The minimum Gasteiger partial charge on any atom is -0.300 e. The molecule has 2 atom stereocenters. The van der Waals surface area contributed by atoms with Crippen molar-refractivity contribution in [2.75, 3.05) is 18.4 Å². The second-order valence-corrected chi connectivity index (χ2v) is 6.92. The molecular formula is C14H24BrN. The van der Waals surface area contributed by atoms with Crippen LogP contribution in [-0.2, 0) is 0 Å². The van der Waals surface area contributed by atoms with Gasteiger partial charge in [0, 0.05) is 17.9 Å². The van der Waals surface area contributed by atoms with E-state index in [2.05, 4.69) is 20.8 Å². The Kier molecular flexibility index (Phi) is 3.32.